The molecule has 2 fully saturated rings. The highest BCUT2D eigenvalue weighted by Gasteiger charge is 2.32. The van der Waals surface area contributed by atoms with Crippen LogP contribution in [0.3, 0.4) is 0 Å². The monoisotopic (exact) mass is 369 g/mol. The lowest BCUT2D eigenvalue weighted by atomic mass is 10.2. The summed E-state index contributed by atoms with van der Waals surface area (Å²) in [6.45, 7) is 4.43. The third-order valence-electron chi connectivity index (χ3n) is 5.10. The van der Waals surface area contributed by atoms with Crippen molar-refractivity contribution in [2.45, 2.75) is 25.9 Å². The summed E-state index contributed by atoms with van der Waals surface area (Å²) in [6, 6.07) is 9.52. The molecule has 1 aromatic carbocycles. The van der Waals surface area contributed by atoms with E-state index in [2.05, 4.69) is 4.98 Å². The van der Waals surface area contributed by atoms with Crippen LogP contribution in [0.1, 0.15) is 29.1 Å². The van der Waals surface area contributed by atoms with E-state index in [0.717, 1.165) is 18.4 Å². The number of ether oxygens (including phenoxy) is 1. The van der Waals surface area contributed by atoms with Gasteiger partial charge in [0.15, 0.2) is 5.69 Å². The molecule has 1 unspecified atom stereocenters. The van der Waals surface area contributed by atoms with Gasteiger partial charge in [0.2, 0.25) is 5.89 Å². The third-order valence-corrected chi connectivity index (χ3v) is 5.10. The Bertz CT molecular complexity index is 819. The number of aryl methyl sites for hydroxylation is 1. The summed E-state index contributed by atoms with van der Waals surface area (Å²) in [5.41, 5.74) is 1.18. The molecule has 0 spiro atoms. The van der Waals surface area contributed by atoms with Crippen molar-refractivity contribution in [3.63, 3.8) is 0 Å². The SMILES string of the molecule is Cc1oc(-c2ccccc2)nc1C(=O)N1CCN(C(=O)C2CCCO2)CC1. The standard InChI is InChI=1S/C20H23N3O4/c1-14-17(21-18(27-14)15-6-3-2-4-7-15)20(25)23-11-9-22(10-12-23)19(24)16-8-5-13-26-16/h2-4,6-7,16H,5,8-13H2,1H3. The van der Waals surface area contributed by atoms with Crippen molar-refractivity contribution in [1.82, 2.24) is 14.8 Å². The van der Waals surface area contributed by atoms with Gasteiger partial charge in [-0.05, 0) is 31.9 Å². The van der Waals surface area contributed by atoms with Crippen LogP contribution in [0.25, 0.3) is 11.5 Å². The van der Waals surface area contributed by atoms with Crippen LogP contribution in [-0.4, -0.2) is 65.5 Å². The van der Waals surface area contributed by atoms with Crippen LogP contribution in [-0.2, 0) is 9.53 Å². The van der Waals surface area contributed by atoms with Gasteiger partial charge in [-0.1, -0.05) is 18.2 Å². The van der Waals surface area contributed by atoms with Crippen molar-refractivity contribution in [1.29, 1.82) is 0 Å². The first-order valence-corrected chi connectivity index (χ1v) is 9.36. The highest BCUT2D eigenvalue weighted by atomic mass is 16.5. The predicted octanol–water partition coefficient (Wildman–Crippen LogP) is 2.11. The summed E-state index contributed by atoms with van der Waals surface area (Å²) in [7, 11) is 0. The van der Waals surface area contributed by atoms with Gasteiger partial charge >= 0.3 is 0 Å². The van der Waals surface area contributed by atoms with Crippen molar-refractivity contribution in [2.24, 2.45) is 0 Å². The van der Waals surface area contributed by atoms with Gasteiger partial charge in [0.05, 0.1) is 0 Å². The van der Waals surface area contributed by atoms with E-state index in [1.54, 1.807) is 16.7 Å². The van der Waals surface area contributed by atoms with Gasteiger partial charge in [0.25, 0.3) is 11.8 Å². The van der Waals surface area contributed by atoms with Crippen molar-refractivity contribution >= 4 is 11.8 Å². The first-order valence-electron chi connectivity index (χ1n) is 9.36. The number of rotatable bonds is 3. The van der Waals surface area contributed by atoms with Gasteiger partial charge < -0.3 is 19.0 Å². The fraction of sp³-hybridized carbons (Fsp3) is 0.450. The number of carbonyl (C=O) groups is 2. The number of oxazole rings is 1. The molecular weight excluding hydrogens is 346 g/mol. The van der Waals surface area contributed by atoms with Gasteiger partial charge in [0.1, 0.15) is 11.9 Å². The Morgan fingerprint density at radius 3 is 2.44 bits per heavy atom. The predicted molar refractivity (Wildman–Crippen MR) is 98.1 cm³/mol. The molecule has 2 saturated heterocycles. The second-order valence-corrected chi connectivity index (χ2v) is 6.91. The van der Waals surface area contributed by atoms with Gasteiger partial charge in [-0.25, -0.2) is 4.98 Å². The number of nitrogens with zero attached hydrogens (tertiary/aromatic N) is 3. The van der Waals surface area contributed by atoms with E-state index in [9.17, 15) is 9.59 Å². The number of benzene rings is 1. The normalized spacial score (nSPS) is 20.1. The van der Waals surface area contributed by atoms with E-state index in [1.165, 1.54) is 0 Å². The topological polar surface area (TPSA) is 75.9 Å². The molecule has 142 valence electrons. The fourth-order valence-electron chi connectivity index (χ4n) is 3.55. The molecule has 7 heteroatoms. The largest absolute Gasteiger partial charge is 0.441 e. The fourth-order valence-corrected chi connectivity index (χ4v) is 3.55. The lowest BCUT2D eigenvalue weighted by Gasteiger charge is -2.35. The molecule has 0 saturated carbocycles. The number of amides is 2. The van der Waals surface area contributed by atoms with Crippen molar-refractivity contribution in [3.05, 3.63) is 41.8 Å². The molecule has 2 aromatic rings. The molecule has 1 aromatic heterocycles. The van der Waals surface area contributed by atoms with Gasteiger partial charge in [-0.3, -0.25) is 9.59 Å². The van der Waals surface area contributed by atoms with Crippen LogP contribution >= 0.6 is 0 Å². The zero-order valence-electron chi connectivity index (χ0n) is 15.4. The number of aromatic nitrogens is 1. The average Bonchev–Trinajstić information content (AvgIpc) is 3.38. The minimum atomic E-state index is -0.307. The van der Waals surface area contributed by atoms with Crippen molar-refractivity contribution in [2.75, 3.05) is 32.8 Å². The second kappa shape index (κ2) is 7.52. The lowest BCUT2D eigenvalue weighted by Crippen LogP contribution is -2.53. The Kier molecular flexibility index (Phi) is 4.94. The molecule has 7 nitrogen and oxygen atoms in total. The Labute approximate surface area is 157 Å². The Morgan fingerprint density at radius 1 is 1.07 bits per heavy atom. The van der Waals surface area contributed by atoms with Crippen LogP contribution in [0.15, 0.2) is 34.7 Å². The zero-order valence-corrected chi connectivity index (χ0v) is 15.4. The molecule has 4 rings (SSSR count). The molecule has 0 bridgehead atoms. The minimum absolute atomic E-state index is 0.0450. The summed E-state index contributed by atoms with van der Waals surface area (Å²) in [5.74, 6) is 0.853. The van der Waals surface area contributed by atoms with E-state index in [4.69, 9.17) is 9.15 Å². The molecule has 0 aliphatic carbocycles. The minimum Gasteiger partial charge on any atom is -0.441 e. The smallest absolute Gasteiger partial charge is 0.276 e. The third kappa shape index (κ3) is 3.60. The summed E-state index contributed by atoms with van der Waals surface area (Å²) >= 11 is 0. The second-order valence-electron chi connectivity index (χ2n) is 6.91. The van der Waals surface area contributed by atoms with E-state index in [0.29, 0.717) is 50.1 Å². The number of hydrogen-bond acceptors (Lipinski definition) is 5. The molecule has 0 N–H and O–H groups in total. The first-order chi connectivity index (χ1) is 13.1. The molecule has 2 aliphatic rings. The molecule has 3 heterocycles. The molecule has 2 amide bonds. The summed E-state index contributed by atoms with van der Waals surface area (Å²) in [6.07, 6.45) is 1.42. The molecule has 2 aliphatic heterocycles. The van der Waals surface area contributed by atoms with Gasteiger partial charge in [-0.15, -0.1) is 0 Å². The Balaban J connectivity index is 1.41. The van der Waals surface area contributed by atoms with E-state index < -0.39 is 0 Å². The Hall–Kier alpha value is -2.67. The molecular formula is C20H23N3O4. The van der Waals surface area contributed by atoms with Gasteiger partial charge in [0, 0.05) is 38.3 Å². The van der Waals surface area contributed by atoms with Crippen LogP contribution in [0.2, 0.25) is 0 Å². The van der Waals surface area contributed by atoms with E-state index >= 15 is 0 Å². The molecule has 0 radical (unpaired) electrons. The van der Waals surface area contributed by atoms with Crippen LogP contribution in [0.4, 0.5) is 0 Å². The van der Waals surface area contributed by atoms with E-state index in [1.807, 2.05) is 30.3 Å². The van der Waals surface area contributed by atoms with Crippen molar-refractivity contribution < 1.29 is 18.7 Å². The number of hydrogen-bond donors (Lipinski definition) is 0. The lowest BCUT2D eigenvalue weighted by molar-refractivity contribution is -0.142. The maximum absolute atomic E-state index is 12.9. The number of carbonyl (C=O) groups excluding carboxylic acids is 2. The van der Waals surface area contributed by atoms with Crippen LogP contribution in [0, 0.1) is 6.92 Å². The number of piperazine rings is 1. The summed E-state index contributed by atoms with van der Waals surface area (Å²) in [4.78, 5) is 33.2. The maximum Gasteiger partial charge on any atom is 0.276 e. The Morgan fingerprint density at radius 2 is 1.78 bits per heavy atom. The highest BCUT2D eigenvalue weighted by Crippen LogP contribution is 2.23. The highest BCUT2D eigenvalue weighted by molar-refractivity contribution is 5.94. The molecule has 27 heavy (non-hydrogen) atoms. The van der Waals surface area contributed by atoms with Gasteiger partial charge in [-0.2, -0.15) is 0 Å². The van der Waals surface area contributed by atoms with Crippen molar-refractivity contribution in [3.8, 4) is 11.5 Å². The summed E-state index contributed by atoms with van der Waals surface area (Å²) < 4.78 is 11.2. The molecule has 1 atom stereocenters. The maximum atomic E-state index is 12.9. The quantitative estimate of drug-likeness (QED) is 0.828. The van der Waals surface area contributed by atoms with Crippen LogP contribution < -0.4 is 0 Å². The average molecular weight is 369 g/mol. The van der Waals surface area contributed by atoms with E-state index in [-0.39, 0.29) is 17.9 Å². The zero-order chi connectivity index (χ0) is 18.8. The van der Waals surface area contributed by atoms with Crippen LogP contribution in [0.5, 0.6) is 0 Å². The summed E-state index contributed by atoms with van der Waals surface area (Å²) in [5, 5.41) is 0. The first kappa shape index (κ1) is 17.7.